The lowest BCUT2D eigenvalue weighted by Gasteiger charge is -2.49. The van der Waals surface area contributed by atoms with Gasteiger partial charge in [-0.1, -0.05) is 12.1 Å². The van der Waals surface area contributed by atoms with Crippen LogP contribution < -0.4 is 5.32 Å². The highest BCUT2D eigenvalue weighted by Crippen LogP contribution is 2.31. The van der Waals surface area contributed by atoms with Gasteiger partial charge >= 0.3 is 0 Å². The van der Waals surface area contributed by atoms with E-state index in [0.717, 1.165) is 31.5 Å². The van der Waals surface area contributed by atoms with Crippen LogP contribution in [0.15, 0.2) is 24.3 Å². The number of hydrogen-bond acceptors (Lipinski definition) is 4. The van der Waals surface area contributed by atoms with Crippen LogP contribution in [-0.2, 0) is 16.1 Å². The number of ether oxygens (including phenoxy) is 1. The monoisotopic (exact) mass is 276 g/mol. The molecule has 2 heterocycles. The number of morpholine rings is 1. The molecular weight excluding hydrogens is 256 g/mol. The van der Waals surface area contributed by atoms with Gasteiger partial charge in [0.1, 0.15) is 12.4 Å². The number of rotatable bonds is 2. The van der Waals surface area contributed by atoms with Crippen molar-refractivity contribution in [3.8, 4) is 5.75 Å². The summed E-state index contributed by atoms with van der Waals surface area (Å²) in [4.78, 5) is 14.2. The fourth-order valence-electron chi connectivity index (χ4n) is 3.09. The number of carbonyl (C=O) groups excluding carboxylic acids is 1. The van der Waals surface area contributed by atoms with Crippen molar-refractivity contribution in [3.63, 3.8) is 0 Å². The van der Waals surface area contributed by atoms with Crippen molar-refractivity contribution >= 4 is 5.91 Å². The third-order valence-electron chi connectivity index (χ3n) is 4.28. The Morgan fingerprint density at radius 3 is 2.65 bits per heavy atom. The van der Waals surface area contributed by atoms with Gasteiger partial charge in [-0.15, -0.1) is 0 Å². The second-order valence-electron chi connectivity index (χ2n) is 5.61. The second-order valence-corrected chi connectivity index (χ2v) is 5.61. The Hall–Kier alpha value is -1.59. The van der Waals surface area contributed by atoms with Crippen molar-refractivity contribution in [1.29, 1.82) is 0 Å². The van der Waals surface area contributed by atoms with Gasteiger partial charge in [-0.25, -0.2) is 0 Å². The Labute approximate surface area is 118 Å². The van der Waals surface area contributed by atoms with Crippen LogP contribution in [0.2, 0.25) is 0 Å². The fourth-order valence-corrected chi connectivity index (χ4v) is 3.09. The standard InChI is InChI=1S/C15H20N2O3/c18-13-3-1-12(2-4-13)9-17-14(19)10-20-11-15(17)5-7-16-8-6-15/h1-4,16,18H,5-11H2. The third-order valence-corrected chi connectivity index (χ3v) is 4.28. The molecule has 20 heavy (non-hydrogen) atoms. The van der Waals surface area contributed by atoms with Crippen LogP contribution in [0.1, 0.15) is 18.4 Å². The molecule has 0 aromatic heterocycles. The van der Waals surface area contributed by atoms with Crippen molar-refractivity contribution in [3.05, 3.63) is 29.8 Å². The number of amides is 1. The minimum atomic E-state index is -0.168. The minimum absolute atomic E-state index is 0.0613. The number of phenols is 1. The van der Waals surface area contributed by atoms with E-state index in [1.165, 1.54) is 0 Å². The number of piperidine rings is 1. The predicted octanol–water partition coefficient (Wildman–Crippen LogP) is 0.873. The van der Waals surface area contributed by atoms with E-state index in [1.807, 2.05) is 17.0 Å². The maximum atomic E-state index is 12.3. The summed E-state index contributed by atoms with van der Waals surface area (Å²) in [5, 5.41) is 12.7. The van der Waals surface area contributed by atoms with E-state index >= 15 is 0 Å². The number of nitrogens with one attached hydrogen (secondary N) is 1. The molecule has 2 aliphatic heterocycles. The number of benzene rings is 1. The number of carbonyl (C=O) groups is 1. The third kappa shape index (κ3) is 2.51. The van der Waals surface area contributed by atoms with Gasteiger partial charge in [0.05, 0.1) is 12.1 Å². The van der Waals surface area contributed by atoms with Crippen LogP contribution in [0, 0.1) is 0 Å². The van der Waals surface area contributed by atoms with E-state index in [0.29, 0.717) is 13.2 Å². The van der Waals surface area contributed by atoms with Crippen LogP contribution in [0.5, 0.6) is 5.75 Å². The molecule has 2 saturated heterocycles. The first kappa shape index (κ1) is 13.4. The first-order valence-electron chi connectivity index (χ1n) is 7.06. The Morgan fingerprint density at radius 1 is 1.25 bits per heavy atom. The molecule has 3 rings (SSSR count). The maximum Gasteiger partial charge on any atom is 0.249 e. The molecule has 2 aliphatic rings. The van der Waals surface area contributed by atoms with Crippen molar-refractivity contribution in [2.45, 2.75) is 24.9 Å². The Kier molecular flexibility index (Phi) is 3.63. The fraction of sp³-hybridized carbons (Fsp3) is 0.533. The lowest BCUT2D eigenvalue weighted by Crippen LogP contribution is -2.62. The molecule has 1 amide bonds. The van der Waals surface area contributed by atoms with Gasteiger partial charge in [0.2, 0.25) is 5.91 Å². The Bertz CT molecular complexity index is 475. The zero-order chi connectivity index (χ0) is 14.0. The zero-order valence-corrected chi connectivity index (χ0v) is 11.5. The Balaban J connectivity index is 1.82. The molecule has 0 radical (unpaired) electrons. The molecule has 1 aromatic carbocycles. The van der Waals surface area contributed by atoms with E-state index in [-0.39, 0.29) is 23.8 Å². The second kappa shape index (κ2) is 5.42. The summed E-state index contributed by atoms with van der Waals surface area (Å²) in [6, 6.07) is 7.06. The number of nitrogens with zero attached hydrogens (tertiary/aromatic N) is 1. The molecule has 1 aromatic rings. The van der Waals surface area contributed by atoms with Crippen molar-refractivity contribution in [2.75, 3.05) is 26.3 Å². The first-order valence-corrected chi connectivity index (χ1v) is 7.06. The molecular formula is C15H20N2O3. The van der Waals surface area contributed by atoms with Crippen molar-refractivity contribution < 1.29 is 14.6 Å². The highest BCUT2D eigenvalue weighted by molar-refractivity contribution is 5.79. The number of aromatic hydroxyl groups is 1. The predicted molar refractivity (Wildman–Crippen MR) is 74.3 cm³/mol. The highest BCUT2D eigenvalue weighted by Gasteiger charge is 2.43. The lowest BCUT2D eigenvalue weighted by atomic mass is 9.85. The molecule has 5 nitrogen and oxygen atoms in total. The van der Waals surface area contributed by atoms with Gasteiger partial charge in [-0.05, 0) is 43.6 Å². The van der Waals surface area contributed by atoms with Crippen LogP contribution in [0.25, 0.3) is 0 Å². The average Bonchev–Trinajstić information content (AvgIpc) is 2.46. The summed E-state index contributed by atoms with van der Waals surface area (Å²) in [6.07, 6.45) is 1.85. The molecule has 0 saturated carbocycles. The van der Waals surface area contributed by atoms with Gasteiger partial charge in [-0.2, -0.15) is 0 Å². The van der Waals surface area contributed by atoms with Gasteiger partial charge in [-0.3, -0.25) is 4.79 Å². The summed E-state index contributed by atoms with van der Waals surface area (Å²) >= 11 is 0. The first-order chi connectivity index (χ1) is 9.70. The summed E-state index contributed by atoms with van der Waals surface area (Å²) in [7, 11) is 0. The largest absolute Gasteiger partial charge is 0.508 e. The smallest absolute Gasteiger partial charge is 0.249 e. The van der Waals surface area contributed by atoms with Gasteiger partial charge in [0, 0.05) is 6.54 Å². The topological polar surface area (TPSA) is 61.8 Å². The van der Waals surface area contributed by atoms with E-state index in [2.05, 4.69) is 5.32 Å². The van der Waals surface area contributed by atoms with Crippen molar-refractivity contribution in [1.82, 2.24) is 10.2 Å². The van der Waals surface area contributed by atoms with E-state index in [1.54, 1.807) is 12.1 Å². The number of phenolic OH excluding ortho intramolecular Hbond substituents is 1. The highest BCUT2D eigenvalue weighted by atomic mass is 16.5. The molecule has 1 spiro atoms. The molecule has 0 bridgehead atoms. The quantitative estimate of drug-likeness (QED) is 0.841. The SMILES string of the molecule is O=C1COCC2(CCNCC2)N1Cc1ccc(O)cc1. The molecule has 0 unspecified atom stereocenters. The lowest BCUT2D eigenvalue weighted by molar-refractivity contribution is -0.162. The normalized spacial score (nSPS) is 22.2. The minimum Gasteiger partial charge on any atom is -0.508 e. The van der Waals surface area contributed by atoms with Crippen LogP contribution >= 0.6 is 0 Å². The molecule has 0 aliphatic carbocycles. The molecule has 2 N–H and O–H groups in total. The van der Waals surface area contributed by atoms with Gasteiger partial charge < -0.3 is 20.1 Å². The van der Waals surface area contributed by atoms with Crippen molar-refractivity contribution in [2.24, 2.45) is 0 Å². The Morgan fingerprint density at radius 2 is 1.95 bits per heavy atom. The van der Waals surface area contributed by atoms with E-state index in [9.17, 15) is 9.90 Å². The van der Waals surface area contributed by atoms with Gasteiger partial charge in [0.15, 0.2) is 0 Å². The summed E-state index contributed by atoms with van der Waals surface area (Å²) in [5.74, 6) is 0.310. The molecule has 108 valence electrons. The summed E-state index contributed by atoms with van der Waals surface area (Å²) < 4.78 is 5.50. The van der Waals surface area contributed by atoms with E-state index < -0.39 is 0 Å². The van der Waals surface area contributed by atoms with E-state index in [4.69, 9.17) is 4.74 Å². The average molecular weight is 276 g/mol. The van der Waals surface area contributed by atoms with Crippen LogP contribution in [0.3, 0.4) is 0 Å². The maximum absolute atomic E-state index is 12.3. The van der Waals surface area contributed by atoms with Crippen LogP contribution in [0.4, 0.5) is 0 Å². The molecule has 2 fully saturated rings. The number of hydrogen-bond donors (Lipinski definition) is 2. The molecule has 5 heteroatoms. The zero-order valence-electron chi connectivity index (χ0n) is 11.5. The molecule has 0 atom stereocenters. The summed E-state index contributed by atoms with van der Waals surface area (Å²) in [5.41, 5.74) is 0.870. The van der Waals surface area contributed by atoms with Crippen LogP contribution in [-0.4, -0.2) is 47.8 Å². The van der Waals surface area contributed by atoms with Gasteiger partial charge in [0.25, 0.3) is 0 Å². The summed E-state index contributed by atoms with van der Waals surface area (Å²) in [6.45, 7) is 3.22.